The summed E-state index contributed by atoms with van der Waals surface area (Å²) >= 11 is 0. The van der Waals surface area contributed by atoms with E-state index in [0.717, 1.165) is 19.3 Å². The quantitative estimate of drug-likeness (QED) is 0.670. The van der Waals surface area contributed by atoms with Gasteiger partial charge >= 0.3 is 0 Å². The first-order valence-corrected chi connectivity index (χ1v) is 8.62. The van der Waals surface area contributed by atoms with Crippen molar-refractivity contribution in [1.29, 1.82) is 0 Å². The van der Waals surface area contributed by atoms with E-state index in [2.05, 4.69) is 15.4 Å². The molecule has 1 fully saturated rings. The Bertz CT molecular complexity index is 580. The third kappa shape index (κ3) is 5.02. The molecule has 3 N–H and O–H groups in total. The van der Waals surface area contributed by atoms with Crippen molar-refractivity contribution in [2.45, 2.75) is 37.1 Å². The lowest BCUT2D eigenvalue weighted by atomic mass is 10.3. The van der Waals surface area contributed by atoms with E-state index < -0.39 is 10.0 Å². The molecule has 0 bridgehead atoms. The van der Waals surface area contributed by atoms with Crippen molar-refractivity contribution in [2.75, 3.05) is 18.4 Å². The molecule has 0 radical (unpaired) electrons. The highest BCUT2D eigenvalue weighted by Gasteiger charge is 2.27. The van der Waals surface area contributed by atoms with Crippen molar-refractivity contribution >= 4 is 21.6 Å². The topological polar surface area (TPSA) is 87.3 Å². The Balaban J connectivity index is 1.88. The minimum Gasteiger partial charge on any atom is -0.376 e. The maximum absolute atomic E-state index is 12.0. The van der Waals surface area contributed by atoms with E-state index in [1.165, 1.54) is 12.1 Å². The normalized spacial score (nSPS) is 14.7. The van der Waals surface area contributed by atoms with Crippen LogP contribution in [0.1, 0.15) is 26.2 Å². The summed E-state index contributed by atoms with van der Waals surface area (Å²) in [6.07, 6.45) is 2.71. The first kappa shape index (κ1) is 15.8. The van der Waals surface area contributed by atoms with Gasteiger partial charge in [-0.05, 0) is 43.5 Å². The number of hydrogen-bond acceptors (Lipinski definition) is 4. The van der Waals surface area contributed by atoms with Gasteiger partial charge in [-0.3, -0.25) is 4.79 Å². The van der Waals surface area contributed by atoms with Crippen LogP contribution in [0, 0.1) is 0 Å². The molecular weight excluding hydrogens is 290 g/mol. The Morgan fingerprint density at radius 3 is 2.48 bits per heavy atom. The summed E-state index contributed by atoms with van der Waals surface area (Å²) in [6, 6.07) is 6.49. The molecule has 0 unspecified atom stereocenters. The lowest BCUT2D eigenvalue weighted by molar-refractivity contribution is -0.119. The predicted octanol–water partition coefficient (Wildman–Crippen LogP) is 1.07. The standard InChI is InChI=1S/C14H21N3O3S/c1-2-9-15-14(18)10-16-11-5-7-13(8-6-11)21(19,20)17-12-3-4-12/h5-8,12,16-17H,2-4,9-10H2,1H3,(H,15,18). The SMILES string of the molecule is CCCNC(=O)CNc1ccc(S(=O)(=O)NC2CC2)cc1. The maximum atomic E-state index is 12.0. The number of carbonyl (C=O) groups excluding carboxylic acids is 1. The third-order valence-corrected chi connectivity index (χ3v) is 4.63. The van der Waals surface area contributed by atoms with Crippen molar-refractivity contribution in [3.63, 3.8) is 0 Å². The zero-order chi connectivity index (χ0) is 15.3. The molecule has 6 nitrogen and oxygen atoms in total. The summed E-state index contributed by atoms with van der Waals surface area (Å²) in [5, 5.41) is 5.72. The van der Waals surface area contributed by atoms with E-state index in [-0.39, 0.29) is 23.4 Å². The van der Waals surface area contributed by atoms with Gasteiger partial charge in [0.1, 0.15) is 0 Å². The van der Waals surface area contributed by atoms with E-state index >= 15 is 0 Å². The van der Waals surface area contributed by atoms with E-state index in [1.807, 2.05) is 6.92 Å². The second-order valence-corrected chi connectivity index (χ2v) is 6.84. The second kappa shape index (κ2) is 6.91. The highest BCUT2D eigenvalue weighted by Crippen LogP contribution is 2.22. The number of rotatable bonds is 8. The predicted molar refractivity (Wildman–Crippen MR) is 81.6 cm³/mol. The Morgan fingerprint density at radius 1 is 1.24 bits per heavy atom. The van der Waals surface area contributed by atoms with Crippen molar-refractivity contribution < 1.29 is 13.2 Å². The highest BCUT2D eigenvalue weighted by atomic mass is 32.2. The Hall–Kier alpha value is -1.60. The van der Waals surface area contributed by atoms with Gasteiger partial charge in [0, 0.05) is 18.3 Å². The van der Waals surface area contributed by atoms with Crippen molar-refractivity contribution in [1.82, 2.24) is 10.0 Å². The van der Waals surface area contributed by atoms with Crippen molar-refractivity contribution in [3.05, 3.63) is 24.3 Å². The van der Waals surface area contributed by atoms with Crippen LogP contribution in [0.25, 0.3) is 0 Å². The molecule has 0 spiro atoms. The smallest absolute Gasteiger partial charge is 0.240 e. The van der Waals surface area contributed by atoms with Crippen molar-refractivity contribution in [3.8, 4) is 0 Å². The molecule has 0 aliphatic heterocycles. The maximum Gasteiger partial charge on any atom is 0.240 e. The minimum absolute atomic E-state index is 0.0797. The lowest BCUT2D eigenvalue weighted by Crippen LogP contribution is -2.30. The first-order chi connectivity index (χ1) is 10.0. The first-order valence-electron chi connectivity index (χ1n) is 7.14. The number of benzene rings is 1. The number of anilines is 1. The molecule has 2 rings (SSSR count). The molecule has 0 heterocycles. The van der Waals surface area contributed by atoms with Gasteiger partial charge < -0.3 is 10.6 Å². The van der Waals surface area contributed by atoms with Gasteiger partial charge in [0.25, 0.3) is 0 Å². The summed E-state index contributed by atoms with van der Waals surface area (Å²) in [5.41, 5.74) is 0.715. The number of carbonyl (C=O) groups is 1. The molecule has 0 aromatic heterocycles. The summed E-state index contributed by atoms with van der Waals surface area (Å²) in [7, 11) is -3.41. The second-order valence-electron chi connectivity index (χ2n) is 5.12. The molecule has 1 aromatic rings. The van der Waals surface area contributed by atoms with Gasteiger partial charge in [-0.2, -0.15) is 0 Å². The summed E-state index contributed by atoms with van der Waals surface area (Å²) in [5.74, 6) is -0.0797. The van der Waals surface area contributed by atoms with Gasteiger partial charge in [0.15, 0.2) is 0 Å². The average molecular weight is 311 g/mol. The molecule has 1 aliphatic rings. The van der Waals surface area contributed by atoms with Crippen LogP contribution in [0.15, 0.2) is 29.2 Å². The monoisotopic (exact) mass is 311 g/mol. The molecule has 0 saturated heterocycles. The number of hydrogen-bond donors (Lipinski definition) is 3. The fraction of sp³-hybridized carbons (Fsp3) is 0.500. The third-order valence-electron chi connectivity index (χ3n) is 3.09. The van der Waals surface area contributed by atoms with Crippen LogP contribution in [0.4, 0.5) is 5.69 Å². The highest BCUT2D eigenvalue weighted by molar-refractivity contribution is 7.89. The molecule has 0 atom stereocenters. The van der Waals surface area contributed by atoms with Crippen LogP contribution in [-0.4, -0.2) is 33.5 Å². The minimum atomic E-state index is -3.41. The molecule has 1 saturated carbocycles. The molecule has 7 heteroatoms. The van der Waals surface area contributed by atoms with Gasteiger partial charge in [-0.15, -0.1) is 0 Å². The summed E-state index contributed by atoms with van der Waals surface area (Å²) in [4.78, 5) is 11.7. The van der Waals surface area contributed by atoms with Crippen LogP contribution in [0.2, 0.25) is 0 Å². The van der Waals surface area contributed by atoms with Gasteiger partial charge in [0.05, 0.1) is 11.4 Å². The van der Waals surface area contributed by atoms with Crippen LogP contribution in [0.5, 0.6) is 0 Å². The number of nitrogens with one attached hydrogen (secondary N) is 3. The van der Waals surface area contributed by atoms with Gasteiger partial charge in [-0.25, -0.2) is 13.1 Å². The fourth-order valence-electron chi connectivity index (χ4n) is 1.75. The summed E-state index contributed by atoms with van der Waals surface area (Å²) < 4.78 is 26.6. The molecule has 21 heavy (non-hydrogen) atoms. The Kier molecular flexibility index (Phi) is 5.19. The van der Waals surface area contributed by atoms with Crippen LogP contribution >= 0.6 is 0 Å². The van der Waals surface area contributed by atoms with E-state index in [1.54, 1.807) is 12.1 Å². The Morgan fingerprint density at radius 2 is 1.90 bits per heavy atom. The lowest BCUT2D eigenvalue weighted by Gasteiger charge is -2.09. The average Bonchev–Trinajstić information content (AvgIpc) is 3.26. The molecule has 1 aromatic carbocycles. The van der Waals surface area contributed by atoms with E-state index in [9.17, 15) is 13.2 Å². The zero-order valence-electron chi connectivity index (χ0n) is 12.1. The zero-order valence-corrected chi connectivity index (χ0v) is 12.9. The van der Waals surface area contributed by atoms with E-state index in [4.69, 9.17) is 0 Å². The molecule has 1 aliphatic carbocycles. The van der Waals surface area contributed by atoms with Crippen LogP contribution in [0.3, 0.4) is 0 Å². The molecule has 116 valence electrons. The summed E-state index contributed by atoms with van der Waals surface area (Å²) in [6.45, 7) is 2.82. The van der Waals surface area contributed by atoms with Crippen LogP contribution < -0.4 is 15.4 Å². The van der Waals surface area contributed by atoms with Gasteiger partial charge in [0.2, 0.25) is 15.9 Å². The van der Waals surface area contributed by atoms with Gasteiger partial charge in [-0.1, -0.05) is 6.92 Å². The number of amides is 1. The molecule has 1 amide bonds. The molecular formula is C14H21N3O3S. The van der Waals surface area contributed by atoms with Crippen molar-refractivity contribution in [2.24, 2.45) is 0 Å². The van der Waals surface area contributed by atoms with E-state index in [0.29, 0.717) is 12.2 Å². The van der Waals surface area contributed by atoms with Crippen LogP contribution in [-0.2, 0) is 14.8 Å². The Labute approximate surface area is 125 Å². The largest absolute Gasteiger partial charge is 0.376 e. The fourth-order valence-corrected chi connectivity index (χ4v) is 3.05. The number of sulfonamides is 1.